The fourth-order valence-corrected chi connectivity index (χ4v) is 2.27. The lowest BCUT2D eigenvalue weighted by molar-refractivity contribution is -0.132. The molecule has 1 saturated heterocycles. The molecule has 0 spiro atoms. The molecule has 1 fully saturated rings. The summed E-state index contributed by atoms with van der Waals surface area (Å²) in [6, 6.07) is 1.55. The van der Waals surface area contributed by atoms with E-state index in [0.717, 1.165) is 12.2 Å². The van der Waals surface area contributed by atoms with Gasteiger partial charge in [-0.15, -0.1) is 0 Å². The molecule has 1 aromatic rings. The number of ether oxygens (including phenoxy) is 1. The Morgan fingerprint density at radius 2 is 2.38 bits per heavy atom. The van der Waals surface area contributed by atoms with Crippen molar-refractivity contribution in [2.24, 2.45) is 5.84 Å². The normalized spacial score (nSPS) is 21.3. The smallest absolute Gasteiger partial charge is 0.268 e. The molecule has 1 aliphatic heterocycles. The number of nitrogens with zero attached hydrogens (tertiary/aromatic N) is 3. The molecular weight excluding hydrogens is 274 g/mol. The molecule has 2 unspecified atom stereocenters. The Kier molecular flexibility index (Phi) is 4.92. The van der Waals surface area contributed by atoms with E-state index in [0.29, 0.717) is 19.4 Å². The van der Waals surface area contributed by atoms with Gasteiger partial charge in [0, 0.05) is 19.7 Å². The highest BCUT2D eigenvalue weighted by molar-refractivity contribution is 5.80. The van der Waals surface area contributed by atoms with Crippen molar-refractivity contribution in [3.63, 3.8) is 0 Å². The minimum Gasteiger partial charge on any atom is -0.373 e. The summed E-state index contributed by atoms with van der Waals surface area (Å²) >= 11 is 0. The van der Waals surface area contributed by atoms with Crippen molar-refractivity contribution >= 4 is 11.6 Å². The van der Waals surface area contributed by atoms with Crippen LogP contribution in [0, 0.1) is 0 Å². The summed E-state index contributed by atoms with van der Waals surface area (Å²) in [5, 5.41) is 4.16. The van der Waals surface area contributed by atoms with Crippen molar-refractivity contribution in [2.45, 2.75) is 38.5 Å². The van der Waals surface area contributed by atoms with Gasteiger partial charge in [-0.05, 0) is 19.8 Å². The van der Waals surface area contributed by atoms with Crippen molar-refractivity contribution in [3.8, 4) is 0 Å². The fourth-order valence-electron chi connectivity index (χ4n) is 2.27. The number of anilines is 1. The Hall–Kier alpha value is -1.93. The number of carbonyl (C=O) groups is 1. The largest absolute Gasteiger partial charge is 0.373 e. The van der Waals surface area contributed by atoms with Gasteiger partial charge in [-0.3, -0.25) is 15.0 Å². The molecule has 8 nitrogen and oxygen atoms in total. The highest BCUT2D eigenvalue weighted by atomic mass is 16.5. The summed E-state index contributed by atoms with van der Waals surface area (Å²) < 4.78 is 6.93. The molecule has 3 N–H and O–H groups in total. The van der Waals surface area contributed by atoms with Crippen molar-refractivity contribution in [3.05, 3.63) is 22.6 Å². The summed E-state index contributed by atoms with van der Waals surface area (Å²) in [6.45, 7) is 3.14. The second-order valence-corrected chi connectivity index (χ2v) is 5.08. The average molecular weight is 295 g/mol. The maximum absolute atomic E-state index is 12.0. The quantitative estimate of drug-likeness (QED) is 0.420. The molecule has 0 aliphatic carbocycles. The monoisotopic (exact) mass is 295 g/mol. The summed E-state index contributed by atoms with van der Waals surface area (Å²) in [7, 11) is 1.90. The topological polar surface area (TPSA) is 102 Å². The Morgan fingerprint density at radius 3 is 3.00 bits per heavy atom. The molecule has 0 aromatic carbocycles. The minimum atomic E-state index is -0.541. The van der Waals surface area contributed by atoms with Gasteiger partial charge in [0.05, 0.1) is 24.5 Å². The molecule has 1 amide bonds. The predicted octanol–water partition coefficient (Wildman–Crippen LogP) is -0.763. The first kappa shape index (κ1) is 15.5. The molecular formula is C13H21N5O3. The van der Waals surface area contributed by atoms with E-state index < -0.39 is 6.10 Å². The predicted molar refractivity (Wildman–Crippen MR) is 77.7 cm³/mol. The van der Waals surface area contributed by atoms with E-state index in [1.165, 1.54) is 4.68 Å². The van der Waals surface area contributed by atoms with Crippen LogP contribution < -0.4 is 21.7 Å². The minimum absolute atomic E-state index is 0.178. The molecule has 2 rings (SSSR count). The molecule has 8 heteroatoms. The molecule has 2 atom stereocenters. The summed E-state index contributed by atoms with van der Waals surface area (Å²) in [4.78, 5) is 25.4. The van der Waals surface area contributed by atoms with Gasteiger partial charge >= 0.3 is 0 Å². The van der Waals surface area contributed by atoms with Crippen LogP contribution in [-0.2, 0) is 16.1 Å². The van der Waals surface area contributed by atoms with E-state index in [9.17, 15) is 9.59 Å². The van der Waals surface area contributed by atoms with Crippen LogP contribution in [0.15, 0.2) is 17.1 Å². The summed E-state index contributed by atoms with van der Waals surface area (Å²) in [6.07, 6.45) is 2.21. The first-order chi connectivity index (χ1) is 10.0. The third-order valence-corrected chi connectivity index (χ3v) is 3.69. The van der Waals surface area contributed by atoms with Crippen LogP contribution in [0.5, 0.6) is 0 Å². The Balaban J connectivity index is 2.01. The maximum atomic E-state index is 12.0. The number of hydrogen-bond acceptors (Lipinski definition) is 6. The van der Waals surface area contributed by atoms with Crippen molar-refractivity contribution < 1.29 is 9.53 Å². The lowest BCUT2D eigenvalue weighted by Gasteiger charge is -2.17. The van der Waals surface area contributed by atoms with E-state index in [2.05, 4.69) is 10.5 Å². The average Bonchev–Trinajstić information content (AvgIpc) is 2.96. The van der Waals surface area contributed by atoms with Crippen LogP contribution in [0.2, 0.25) is 0 Å². The van der Waals surface area contributed by atoms with Gasteiger partial charge in [0.15, 0.2) is 0 Å². The zero-order chi connectivity index (χ0) is 15.4. The Morgan fingerprint density at radius 1 is 1.62 bits per heavy atom. The van der Waals surface area contributed by atoms with Gasteiger partial charge in [-0.1, -0.05) is 0 Å². The van der Waals surface area contributed by atoms with Crippen LogP contribution in [0.25, 0.3) is 0 Å². The number of nitrogens with one attached hydrogen (secondary N) is 1. The standard InChI is InChI=1S/C13H21N5O3/c1-3-17(2)9-6-12(19)18(15-7-9)8-10-4-5-11(21-10)13(20)16-14/h6-7,10-11H,3-5,8,14H2,1-2H3,(H,16,20). The van der Waals surface area contributed by atoms with Gasteiger partial charge in [-0.2, -0.15) is 5.10 Å². The van der Waals surface area contributed by atoms with Gasteiger partial charge in [0.2, 0.25) is 0 Å². The number of nitrogens with two attached hydrogens (primary N) is 1. The molecule has 0 bridgehead atoms. The SMILES string of the molecule is CCN(C)c1cnn(CC2CCC(C(=O)NN)O2)c(=O)c1. The zero-order valence-corrected chi connectivity index (χ0v) is 12.3. The molecule has 2 heterocycles. The summed E-state index contributed by atoms with van der Waals surface area (Å²) in [5.41, 5.74) is 2.68. The second kappa shape index (κ2) is 6.68. The molecule has 0 saturated carbocycles. The first-order valence-electron chi connectivity index (χ1n) is 6.99. The van der Waals surface area contributed by atoms with Crippen LogP contribution in [0.1, 0.15) is 19.8 Å². The molecule has 1 aromatic heterocycles. The van der Waals surface area contributed by atoms with E-state index in [4.69, 9.17) is 10.6 Å². The van der Waals surface area contributed by atoms with Gasteiger partial charge in [-0.25, -0.2) is 10.5 Å². The van der Waals surface area contributed by atoms with Crippen LogP contribution in [0.4, 0.5) is 5.69 Å². The van der Waals surface area contributed by atoms with Crippen LogP contribution in [0.3, 0.4) is 0 Å². The van der Waals surface area contributed by atoms with Crippen LogP contribution >= 0.6 is 0 Å². The van der Waals surface area contributed by atoms with Crippen LogP contribution in [-0.4, -0.2) is 41.5 Å². The highest BCUT2D eigenvalue weighted by Crippen LogP contribution is 2.20. The summed E-state index contributed by atoms with van der Waals surface area (Å²) in [5.74, 6) is 4.74. The third kappa shape index (κ3) is 3.59. The van der Waals surface area contributed by atoms with E-state index in [1.807, 2.05) is 18.9 Å². The van der Waals surface area contributed by atoms with Gasteiger partial charge in [0.25, 0.3) is 11.5 Å². The number of carbonyl (C=O) groups excluding carboxylic acids is 1. The second-order valence-electron chi connectivity index (χ2n) is 5.08. The number of hydrogen-bond donors (Lipinski definition) is 2. The van der Waals surface area contributed by atoms with Crippen molar-refractivity contribution in [2.75, 3.05) is 18.5 Å². The maximum Gasteiger partial charge on any atom is 0.268 e. The number of aromatic nitrogens is 2. The number of amides is 1. The van der Waals surface area contributed by atoms with E-state index in [1.54, 1.807) is 12.3 Å². The lowest BCUT2D eigenvalue weighted by Crippen LogP contribution is -2.39. The molecule has 21 heavy (non-hydrogen) atoms. The lowest BCUT2D eigenvalue weighted by atomic mass is 10.2. The molecule has 0 radical (unpaired) electrons. The Labute approximate surface area is 122 Å². The zero-order valence-electron chi connectivity index (χ0n) is 12.3. The number of hydrazine groups is 1. The fraction of sp³-hybridized carbons (Fsp3) is 0.615. The van der Waals surface area contributed by atoms with Crippen molar-refractivity contribution in [1.82, 2.24) is 15.2 Å². The highest BCUT2D eigenvalue weighted by Gasteiger charge is 2.30. The van der Waals surface area contributed by atoms with Gasteiger partial charge < -0.3 is 9.64 Å². The third-order valence-electron chi connectivity index (χ3n) is 3.69. The number of rotatable bonds is 5. The molecule has 116 valence electrons. The molecule has 1 aliphatic rings. The van der Waals surface area contributed by atoms with E-state index in [-0.39, 0.29) is 17.6 Å². The van der Waals surface area contributed by atoms with Crippen molar-refractivity contribution in [1.29, 1.82) is 0 Å². The first-order valence-corrected chi connectivity index (χ1v) is 6.99. The van der Waals surface area contributed by atoms with E-state index >= 15 is 0 Å². The Bertz CT molecular complexity index is 559. The van der Waals surface area contributed by atoms with Gasteiger partial charge in [0.1, 0.15) is 6.10 Å².